The van der Waals surface area contributed by atoms with Crippen molar-refractivity contribution in [1.29, 1.82) is 0 Å². The van der Waals surface area contributed by atoms with Gasteiger partial charge in [-0.1, -0.05) is 27.5 Å². The van der Waals surface area contributed by atoms with E-state index in [1.165, 1.54) is 7.11 Å². The molecule has 0 atom stereocenters. The molecular weight excluding hydrogens is 538 g/mol. The van der Waals surface area contributed by atoms with Crippen LogP contribution in [0.2, 0.25) is 5.02 Å². The monoisotopic (exact) mass is 549 g/mol. The number of hydrogen-bond acceptors (Lipinski definition) is 5. The molecule has 2 aromatic carbocycles. The number of halogens is 3. The first-order chi connectivity index (χ1) is 13.3. The molecule has 148 valence electrons. The highest BCUT2D eigenvalue weighted by molar-refractivity contribution is 9.10. The highest BCUT2D eigenvalue weighted by Gasteiger charge is 2.14. The van der Waals surface area contributed by atoms with E-state index in [-0.39, 0.29) is 17.3 Å². The first-order valence-corrected chi connectivity index (χ1v) is 9.99. The van der Waals surface area contributed by atoms with Gasteiger partial charge in [-0.25, -0.2) is 0 Å². The van der Waals surface area contributed by atoms with Crippen LogP contribution < -0.4 is 25.6 Å². The van der Waals surface area contributed by atoms with Gasteiger partial charge in [-0.2, -0.15) is 0 Å². The predicted octanol–water partition coefficient (Wildman–Crippen LogP) is 3.59. The zero-order chi connectivity index (χ0) is 20.7. The second-order valence-electron chi connectivity index (χ2n) is 5.16. The second kappa shape index (κ2) is 10.6. The van der Waals surface area contributed by atoms with Crippen LogP contribution in [0, 0.1) is 0 Å². The van der Waals surface area contributed by atoms with Crippen LogP contribution >= 0.6 is 55.7 Å². The van der Waals surface area contributed by atoms with Crippen molar-refractivity contribution in [3.05, 3.63) is 55.9 Å². The van der Waals surface area contributed by atoms with Gasteiger partial charge in [0.1, 0.15) is 11.5 Å². The van der Waals surface area contributed by atoms with Crippen LogP contribution in [0.3, 0.4) is 0 Å². The number of hydrazine groups is 1. The average molecular weight is 552 g/mol. The Bertz CT molecular complexity index is 914. The minimum Gasteiger partial charge on any atom is -0.496 e. The third kappa shape index (κ3) is 6.62. The standard InChI is InChI=1S/C17H14Br2ClN3O4S/c1-26-13-4-2-9(18)6-11(13)16(25)21-17(28)23-22-15(24)8-27-14-5-3-10(20)7-12(14)19/h2-7H,8H2,1H3,(H,22,24)(H2,21,23,25,28). The number of carbonyl (C=O) groups is 2. The molecule has 0 aromatic heterocycles. The molecule has 0 heterocycles. The number of amides is 2. The number of carbonyl (C=O) groups excluding carboxylic acids is 2. The smallest absolute Gasteiger partial charge is 0.276 e. The summed E-state index contributed by atoms with van der Waals surface area (Å²) in [4.78, 5) is 24.2. The fourth-order valence-corrected chi connectivity index (χ4v) is 3.26. The van der Waals surface area contributed by atoms with Gasteiger partial charge in [0.05, 0.1) is 17.1 Å². The molecule has 7 nitrogen and oxygen atoms in total. The number of benzene rings is 2. The highest BCUT2D eigenvalue weighted by atomic mass is 79.9. The van der Waals surface area contributed by atoms with Crippen molar-refractivity contribution in [3.8, 4) is 11.5 Å². The lowest BCUT2D eigenvalue weighted by molar-refractivity contribution is -0.123. The van der Waals surface area contributed by atoms with Gasteiger partial charge < -0.3 is 9.47 Å². The summed E-state index contributed by atoms with van der Waals surface area (Å²) < 4.78 is 11.8. The maximum Gasteiger partial charge on any atom is 0.276 e. The SMILES string of the molecule is COc1ccc(Br)cc1C(=O)NC(=S)NNC(=O)COc1ccc(Cl)cc1Br. The number of methoxy groups -OCH3 is 1. The molecule has 0 aliphatic carbocycles. The molecule has 2 amide bonds. The van der Waals surface area contributed by atoms with Gasteiger partial charge in [0.25, 0.3) is 11.8 Å². The predicted molar refractivity (Wildman–Crippen MR) is 117 cm³/mol. The van der Waals surface area contributed by atoms with E-state index in [9.17, 15) is 9.59 Å². The summed E-state index contributed by atoms with van der Waals surface area (Å²) in [5, 5.41) is 2.89. The number of ether oxygens (including phenoxy) is 2. The molecule has 0 aliphatic rings. The van der Waals surface area contributed by atoms with Crippen LogP contribution in [-0.4, -0.2) is 30.6 Å². The fourth-order valence-electron chi connectivity index (χ4n) is 1.96. The number of rotatable bonds is 5. The molecule has 0 unspecified atom stereocenters. The summed E-state index contributed by atoms with van der Waals surface area (Å²) in [6.45, 7) is -0.275. The molecule has 0 radical (unpaired) electrons. The molecule has 2 aromatic rings. The minimum absolute atomic E-state index is 0.0898. The first kappa shape index (κ1) is 22.4. The van der Waals surface area contributed by atoms with E-state index in [0.29, 0.717) is 25.5 Å². The molecule has 0 spiro atoms. The molecule has 0 fully saturated rings. The Labute approximate surface area is 188 Å². The van der Waals surface area contributed by atoms with Crippen molar-refractivity contribution in [2.45, 2.75) is 0 Å². The molecule has 0 bridgehead atoms. The highest BCUT2D eigenvalue weighted by Crippen LogP contribution is 2.27. The quantitative estimate of drug-likeness (QED) is 0.389. The maximum absolute atomic E-state index is 12.3. The van der Waals surface area contributed by atoms with Gasteiger partial charge >= 0.3 is 0 Å². The fraction of sp³-hybridized carbons (Fsp3) is 0.118. The van der Waals surface area contributed by atoms with Crippen molar-refractivity contribution < 1.29 is 19.1 Å². The van der Waals surface area contributed by atoms with E-state index < -0.39 is 11.8 Å². The summed E-state index contributed by atoms with van der Waals surface area (Å²) >= 11 is 17.4. The summed E-state index contributed by atoms with van der Waals surface area (Å²) in [7, 11) is 1.45. The molecule has 11 heteroatoms. The van der Waals surface area contributed by atoms with Crippen LogP contribution in [-0.2, 0) is 4.79 Å². The zero-order valence-corrected chi connectivity index (χ0v) is 19.1. The largest absolute Gasteiger partial charge is 0.496 e. The van der Waals surface area contributed by atoms with Crippen molar-refractivity contribution in [2.24, 2.45) is 0 Å². The minimum atomic E-state index is -0.501. The van der Waals surface area contributed by atoms with E-state index in [4.69, 9.17) is 33.3 Å². The average Bonchev–Trinajstić information content (AvgIpc) is 2.65. The van der Waals surface area contributed by atoms with Gasteiger partial charge in [0, 0.05) is 9.50 Å². The lowest BCUT2D eigenvalue weighted by atomic mass is 10.2. The molecule has 3 N–H and O–H groups in total. The molecular formula is C17H14Br2ClN3O4S. The van der Waals surface area contributed by atoms with Crippen LogP contribution in [0.5, 0.6) is 11.5 Å². The summed E-state index contributed by atoms with van der Waals surface area (Å²) in [5.41, 5.74) is 5.04. The Balaban J connectivity index is 1.82. The third-order valence-corrected chi connectivity index (χ3v) is 4.75. The Kier molecular flexibility index (Phi) is 8.49. The number of thiocarbonyl (C=S) groups is 1. The van der Waals surface area contributed by atoms with Crippen LogP contribution in [0.4, 0.5) is 0 Å². The Morgan fingerprint density at radius 3 is 2.50 bits per heavy atom. The first-order valence-electron chi connectivity index (χ1n) is 7.61. The topological polar surface area (TPSA) is 88.7 Å². The van der Waals surface area contributed by atoms with Crippen molar-refractivity contribution in [3.63, 3.8) is 0 Å². The normalized spacial score (nSPS) is 10.0. The van der Waals surface area contributed by atoms with Crippen LogP contribution in [0.25, 0.3) is 0 Å². The summed E-state index contributed by atoms with van der Waals surface area (Å²) in [5.74, 6) is -0.156. The van der Waals surface area contributed by atoms with Gasteiger partial charge in [0.2, 0.25) is 0 Å². The second-order valence-corrected chi connectivity index (χ2v) is 7.78. The Morgan fingerprint density at radius 1 is 1.11 bits per heavy atom. The number of nitrogens with one attached hydrogen (secondary N) is 3. The van der Waals surface area contributed by atoms with Gasteiger partial charge in [0.15, 0.2) is 11.7 Å². The van der Waals surface area contributed by atoms with Crippen LogP contribution in [0.15, 0.2) is 45.3 Å². The van der Waals surface area contributed by atoms with E-state index in [1.54, 1.807) is 36.4 Å². The molecule has 2 rings (SSSR count). The lowest BCUT2D eigenvalue weighted by Crippen LogP contribution is -2.49. The van der Waals surface area contributed by atoms with E-state index >= 15 is 0 Å². The van der Waals surface area contributed by atoms with E-state index in [1.807, 2.05) is 0 Å². The summed E-state index contributed by atoms with van der Waals surface area (Å²) in [6.07, 6.45) is 0. The van der Waals surface area contributed by atoms with Gasteiger partial charge in [-0.05, 0) is 64.5 Å². The van der Waals surface area contributed by atoms with Gasteiger partial charge in [-0.15, -0.1) is 0 Å². The Hall–Kier alpha value is -1.88. The molecule has 0 saturated carbocycles. The molecule has 28 heavy (non-hydrogen) atoms. The van der Waals surface area contributed by atoms with Crippen molar-refractivity contribution >= 4 is 72.6 Å². The molecule has 0 saturated heterocycles. The maximum atomic E-state index is 12.3. The van der Waals surface area contributed by atoms with Crippen molar-refractivity contribution in [1.82, 2.24) is 16.2 Å². The zero-order valence-electron chi connectivity index (χ0n) is 14.3. The van der Waals surface area contributed by atoms with Gasteiger partial charge in [-0.3, -0.25) is 25.8 Å². The molecule has 0 aliphatic heterocycles. The summed E-state index contributed by atoms with van der Waals surface area (Å²) in [6, 6.07) is 9.89. The Morgan fingerprint density at radius 2 is 1.82 bits per heavy atom. The third-order valence-electron chi connectivity index (χ3n) is 3.20. The lowest BCUT2D eigenvalue weighted by Gasteiger charge is -2.13. The van der Waals surface area contributed by atoms with Crippen molar-refractivity contribution in [2.75, 3.05) is 13.7 Å². The van der Waals surface area contributed by atoms with E-state index in [0.717, 1.165) is 0 Å². The van der Waals surface area contributed by atoms with Crippen LogP contribution in [0.1, 0.15) is 10.4 Å². The van der Waals surface area contributed by atoms with E-state index in [2.05, 4.69) is 48.0 Å². The number of hydrogen-bond donors (Lipinski definition) is 3.